The van der Waals surface area contributed by atoms with Crippen LogP contribution in [-0.2, 0) is 13.1 Å². The largest absolute Gasteiger partial charge is 0.463 e. The lowest BCUT2D eigenvalue weighted by molar-refractivity contribution is 0.203. The Balaban J connectivity index is 1.92. The molecule has 1 N–H and O–H groups in total. The molecule has 1 aromatic rings. The fraction of sp³-hybridized carbons (Fsp3) is 0.750. The summed E-state index contributed by atoms with van der Waals surface area (Å²) in [5.41, 5.74) is 1.40. The number of aryl methyl sites for hydroxylation is 1. The van der Waals surface area contributed by atoms with Crippen LogP contribution in [0.2, 0.25) is 0 Å². The molecule has 0 spiro atoms. The van der Waals surface area contributed by atoms with Crippen molar-refractivity contribution in [3.05, 3.63) is 23.2 Å². The Morgan fingerprint density at radius 3 is 2.53 bits per heavy atom. The quantitative estimate of drug-likeness (QED) is 0.902. The first-order valence-corrected chi connectivity index (χ1v) is 7.49. The van der Waals surface area contributed by atoms with Crippen LogP contribution >= 0.6 is 0 Å². The van der Waals surface area contributed by atoms with Gasteiger partial charge in [0.05, 0.1) is 13.1 Å². The molecule has 2 heterocycles. The number of nitrogens with one attached hydrogen (secondary N) is 1. The highest BCUT2D eigenvalue weighted by Crippen LogP contribution is 2.19. The second-order valence-corrected chi connectivity index (χ2v) is 6.76. The molecule has 108 valence electrons. The second-order valence-electron chi connectivity index (χ2n) is 6.76. The Morgan fingerprint density at radius 2 is 1.89 bits per heavy atom. The van der Waals surface area contributed by atoms with Crippen molar-refractivity contribution in [1.29, 1.82) is 0 Å². The Labute approximate surface area is 117 Å². The summed E-state index contributed by atoms with van der Waals surface area (Å²) in [5, 5.41) is 3.49. The van der Waals surface area contributed by atoms with E-state index in [1.54, 1.807) is 0 Å². The van der Waals surface area contributed by atoms with E-state index in [0.717, 1.165) is 24.6 Å². The van der Waals surface area contributed by atoms with E-state index in [9.17, 15) is 0 Å². The van der Waals surface area contributed by atoms with Gasteiger partial charge in [0.1, 0.15) is 11.5 Å². The Morgan fingerprint density at radius 1 is 1.21 bits per heavy atom. The molecule has 0 bridgehead atoms. The van der Waals surface area contributed by atoms with Crippen LogP contribution in [-0.4, -0.2) is 23.5 Å². The third-order valence-corrected chi connectivity index (χ3v) is 3.68. The normalized spacial score (nSPS) is 17.9. The maximum Gasteiger partial charge on any atom is 0.120 e. The monoisotopic (exact) mass is 264 g/mol. The van der Waals surface area contributed by atoms with Gasteiger partial charge in [-0.3, -0.25) is 4.90 Å². The topological polar surface area (TPSA) is 28.4 Å². The maximum atomic E-state index is 6.01. The highest BCUT2D eigenvalue weighted by Gasteiger charge is 2.16. The molecular formula is C16H28N2O. The van der Waals surface area contributed by atoms with Gasteiger partial charge in [0.25, 0.3) is 0 Å². The van der Waals surface area contributed by atoms with Crippen LogP contribution in [0.1, 0.15) is 57.1 Å². The van der Waals surface area contributed by atoms with Crippen LogP contribution in [0.5, 0.6) is 0 Å². The Hall–Kier alpha value is -0.800. The van der Waals surface area contributed by atoms with Gasteiger partial charge in [0.15, 0.2) is 0 Å². The lowest BCUT2D eigenvalue weighted by Crippen LogP contribution is -2.35. The lowest BCUT2D eigenvalue weighted by atomic mass is 10.1. The van der Waals surface area contributed by atoms with Crippen molar-refractivity contribution >= 4 is 0 Å². The van der Waals surface area contributed by atoms with Gasteiger partial charge in [0, 0.05) is 5.54 Å². The molecule has 0 radical (unpaired) electrons. The molecule has 0 saturated carbocycles. The van der Waals surface area contributed by atoms with Crippen LogP contribution in [0, 0.1) is 6.92 Å². The van der Waals surface area contributed by atoms with Crippen molar-refractivity contribution < 1.29 is 4.42 Å². The number of furan rings is 1. The predicted molar refractivity (Wildman–Crippen MR) is 79.2 cm³/mol. The van der Waals surface area contributed by atoms with Gasteiger partial charge in [0.2, 0.25) is 0 Å². The van der Waals surface area contributed by atoms with Gasteiger partial charge in [-0.05, 0) is 65.3 Å². The van der Waals surface area contributed by atoms with E-state index in [2.05, 4.69) is 44.0 Å². The number of hydrogen-bond acceptors (Lipinski definition) is 3. The first kappa shape index (κ1) is 14.6. The summed E-state index contributed by atoms with van der Waals surface area (Å²) in [6.07, 6.45) is 4.05. The molecule has 19 heavy (non-hydrogen) atoms. The first-order valence-electron chi connectivity index (χ1n) is 7.49. The van der Waals surface area contributed by atoms with E-state index in [1.165, 1.54) is 37.9 Å². The van der Waals surface area contributed by atoms with Crippen LogP contribution in [0.4, 0.5) is 0 Å². The van der Waals surface area contributed by atoms with E-state index in [4.69, 9.17) is 4.42 Å². The molecule has 1 aliphatic rings. The van der Waals surface area contributed by atoms with Gasteiger partial charge in [-0.1, -0.05) is 6.42 Å². The second kappa shape index (κ2) is 6.10. The average Bonchev–Trinajstić information content (AvgIpc) is 2.67. The van der Waals surface area contributed by atoms with Crippen LogP contribution in [0.25, 0.3) is 0 Å². The van der Waals surface area contributed by atoms with Crippen LogP contribution in [0.15, 0.2) is 10.5 Å². The van der Waals surface area contributed by atoms with Crippen molar-refractivity contribution in [2.75, 3.05) is 13.1 Å². The van der Waals surface area contributed by atoms with Gasteiger partial charge < -0.3 is 9.73 Å². The molecule has 1 aromatic heterocycles. The maximum absolute atomic E-state index is 6.01. The molecule has 0 aliphatic carbocycles. The summed E-state index contributed by atoms with van der Waals surface area (Å²) in [5.74, 6) is 2.20. The minimum Gasteiger partial charge on any atom is -0.463 e. The molecule has 3 nitrogen and oxygen atoms in total. The van der Waals surface area contributed by atoms with E-state index in [-0.39, 0.29) is 5.54 Å². The van der Waals surface area contributed by atoms with Crippen molar-refractivity contribution in [2.24, 2.45) is 0 Å². The third kappa shape index (κ3) is 4.66. The van der Waals surface area contributed by atoms with Gasteiger partial charge >= 0.3 is 0 Å². The molecule has 0 atom stereocenters. The van der Waals surface area contributed by atoms with Crippen LogP contribution in [0.3, 0.4) is 0 Å². The van der Waals surface area contributed by atoms with Gasteiger partial charge in [-0.2, -0.15) is 0 Å². The zero-order valence-electron chi connectivity index (χ0n) is 12.9. The fourth-order valence-electron chi connectivity index (χ4n) is 2.53. The fourth-order valence-corrected chi connectivity index (χ4v) is 2.53. The number of piperidine rings is 1. The SMILES string of the molecule is Cc1cc(CN2CCCCC2)oc1CNC(C)(C)C. The molecule has 1 fully saturated rings. The summed E-state index contributed by atoms with van der Waals surface area (Å²) >= 11 is 0. The molecule has 1 saturated heterocycles. The minimum absolute atomic E-state index is 0.131. The summed E-state index contributed by atoms with van der Waals surface area (Å²) < 4.78 is 6.01. The van der Waals surface area contributed by atoms with E-state index in [0.29, 0.717) is 0 Å². The van der Waals surface area contributed by atoms with E-state index in [1.807, 2.05) is 0 Å². The van der Waals surface area contributed by atoms with Crippen molar-refractivity contribution in [3.8, 4) is 0 Å². The van der Waals surface area contributed by atoms with Crippen molar-refractivity contribution in [2.45, 2.75) is 65.6 Å². The first-order chi connectivity index (χ1) is 8.94. The highest BCUT2D eigenvalue weighted by molar-refractivity contribution is 5.20. The highest BCUT2D eigenvalue weighted by atomic mass is 16.3. The Kier molecular flexibility index (Phi) is 4.69. The number of likely N-dealkylation sites (tertiary alicyclic amines) is 1. The minimum atomic E-state index is 0.131. The summed E-state index contributed by atoms with van der Waals surface area (Å²) in [7, 11) is 0. The zero-order valence-corrected chi connectivity index (χ0v) is 12.9. The molecule has 1 aliphatic heterocycles. The lowest BCUT2D eigenvalue weighted by Gasteiger charge is -2.25. The van der Waals surface area contributed by atoms with E-state index < -0.39 is 0 Å². The number of nitrogens with zero attached hydrogens (tertiary/aromatic N) is 1. The summed E-state index contributed by atoms with van der Waals surface area (Å²) in [6, 6.07) is 2.20. The van der Waals surface area contributed by atoms with E-state index >= 15 is 0 Å². The van der Waals surface area contributed by atoms with Gasteiger partial charge in [-0.15, -0.1) is 0 Å². The number of hydrogen-bond donors (Lipinski definition) is 1. The van der Waals surface area contributed by atoms with Crippen molar-refractivity contribution in [3.63, 3.8) is 0 Å². The average molecular weight is 264 g/mol. The third-order valence-electron chi connectivity index (χ3n) is 3.68. The zero-order chi connectivity index (χ0) is 13.9. The smallest absolute Gasteiger partial charge is 0.120 e. The summed E-state index contributed by atoms with van der Waals surface area (Å²) in [6.45, 7) is 12.9. The van der Waals surface area contributed by atoms with Crippen LogP contribution < -0.4 is 5.32 Å². The molecular weight excluding hydrogens is 236 g/mol. The van der Waals surface area contributed by atoms with Crippen molar-refractivity contribution in [1.82, 2.24) is 10.2 Å². The molecule has 2 rings (SSSR count). The molecule has 0 unspecified atom stereocenters. The summed E-state index contributed by atoms with van der Waals surface area (Å²) in [4.78, 5) is 2.50. The standard InChI is InChI=1S/C16H28N2O/c1-13-10-14(12-18-8-6-5-7-9-18)19-15(13)11-17-16(2,3)4/h10,17H,5-9,11-12H2,1-4H3. The number of rotatable bonds is 4. The van der Waals surface area contributed by atoms with Gasteiger partial charge in [-0.25, -0.2) is 0 Å². The molecule has 0 aromatic carbocycles. The molecule has 3 heteroatoms. The predicted octanol–water partition coefficient (Wildman–Crippen LogP) is 3.46. The Bertz CT molecular complexity index is 397. The molecule has 0 amide bonds.